The number of benzene rings is 2. The number of unbranched alkanes of at least 4 members (excludes halogenated alkanes) is 9. The Labute approximate surface area is 275 Å². The maximum absolute atomic E-state index is 14.2. The first-order valence-corrected chi connectivity index (χ1v) is 17.4. The molecule has 1 N–H and O–H groups in total. The van der Waals surface area contributed by atoms with Crippen LogP contribution in [-0.4, -0.2) is 25.5 Å². The third-order valence-electron chi connectivity index (χ3n) is 9.55. The molecule has 0 bridgehead atoms. The number of amides is 2. The fourth-order valence-corrected chi connectivity index (χ4v) is 5.44. The van der Waals surface area contributed by atoms with E-state index in [1.807, 2.05) is 52.1 Å². The Kier molecular flexibility index (Phi) is 15.2. The van der Waals surface area contributed by atoms with Crippen LogP contribution >= 0.6 is 0 Å². The number of carbonyl (C=O) groups is 2. The average Bonchev–Trinajstić information content (AvgIpc) is 2.99. The quantitative estimate of drug-likeness (QED) is 0.0736. The Morgan fingerprint density at radius 3 is 2.07 bits per heavy atom. The van der Waals surface area contributed by atoms with Gasteiger partial charge in [-0.15, -0.1) is 6.58 Å². The number of nitrogens with zero attached hydrogens (tertiary/aromatic N) is 1. The van der Waals surface area contributed by atoms with Crippen molar-refractivity contribution in [3.63, 3.8) is 0 Å². The topological polar surface area (TPSA) is 55.4 Å². The Morgan fingerprint density at radius 2 is 1.51 bits per heavy atom. The van der Waals surface area contributed by atoms with Crippen LogP contribution in [0.3, 0.4) is 0 Å². The second-order valence-corrected chi connectivity index (χ2v) is 14.7. The highest BCUT2D eigenvalue weighted by molar-refractivity contribution is 5.96. The van der Waals surface area contributed by atoms with Gasteiger partial charge in [-0.05, 0) is 47.4 Å². The van der Waals surface area contributed by atoms with Crippen LogP contribution in [-0.2, 0) is 26.3 Å². The molecule has 0 radical (unpaired) electrons. The minimum atomic E-state index is -0.630. The van der Waals surface area contributed by atoms with Crippen molar-refractivity contribution in [3.05, 3.63) is 71.8 Å². The fourth-order valence-electron chi connectivity index (χ4n) is 5.44. The molecule has 2 atom stereocenters. The summed E-state index contributed by atoms with van der Waals surface area (Å²) in [6.45, 7) is 21.1. The molecule has 2 aromatic carbocycles. The van der Waals surface area contributed by atoms with Crippen LogP contribution in [0.15, 0.2) is 55.1 Å². The van der Waals surface area contributed by atoms with E-state index >= 15 is 0 Å². The van der Waals surface area contributed by atoms with E-state index in [0.717, 1.165) is 24.0 Å². The molecule has 0 fully saturated rings. The van der Waals surface area contributed by atoms with Crippen LogP contribution in [0.25, 0.3) is 0 Å². The summed E-state index contributed by atoms with van der Waals surface area (Å²) in [7, 11) is 1.84. The van der Waals surface area contributed by atoms with E-state index < -0.39 is 5.41 Å². The second kappa shape index (κ2) is 17.8. The molecule has 0 aliphatic heterocycles. The number of nitrogens with one attached hydrogen (secondary N) is 1. The second-order valence-electron chi connectivity index (χ2n) is 14.7. The molecular weight excluding hydrogens is 556 g/mol. The zero-order chi connectivity index (χ0) is 33.7. The summed E-state index contributed by atoms with van der Waals surface area (Å²) in [5.41, 5.74) is 4.12. The molecule has 5 heteroatoms. The Balaban J connectivity index is 2.21. The highest BCUT2D eigenvalue weighted by Crippen LogP contribution is 2.32. The molecule has 0 spiro atoms. The normalized spacial score (nSPS) is 14.1. The predicted molar refractivity (Wildman–Crippen MR) is 192 cm³/mol. The van der Waals surface area contributed by atoms with Crippen molar-refractivity contribution in [1.29, 1.82) is 0 Å². The number of quaternary nitrogens is 1. The van der Waals surface area contributed by atoms with Crippen LogP contribution in [0.4, 0.5) is 11.4 Å². The van der Waals surface area contributed by atoms with Gasteiger partial charge in [-0.2, -0.15) is 4.84 Å². The van der Waals surface area contributed by atoms with E-state index in [1.54, 1.807) is 6.08 Å². The Bertz CT molecular complexity index is 1240. The van der Waals surface area contributed by atoms with Crippen molar-refractivity contribution in [3.8, 4) is 0 Å². The van der Waals surface area contributed by atoms with Gasteiger partial charge >= 0.3 is 5.91 Å². The summed E-state index contributed by atoms with van der Waals surface area (Å²) < 4.78 is -0.284. The zero-order valence-electron chi connectivity index (χ0n) is 30.1. The predicted octanol–water partition coefficient (Wildman–Crippen LogP) is 10.6. The summed E-state index contributed by atoms with van der Waals surface area (Å²) >= 11 is 0. The third kappa shape index (κ3) is 11.5. The van der Waals surface area contributed by atoms with Gasteiger partial charge in [-0.1, -0.05) is 141 Å². The third-order valence-corrected chi connectivity index (χ3v) is 9.55. The standard InChI is InChI=1S/C40H62N2O3/c1-11-13-14-15-16-17-18-19-20-21-27-45-42(10,37(43)29-33-25-26-34(28-31(33)3)39(5,6)7)36-24-22-23-35(30-36)41-38(44)40(8,9)32(4)12-2/h12,22-26,28,30,32H,2,11,13-21,27,29H2,1,3-10H3/p+1. The molecule has 2 unspecified atom stereocenters. The first kappa shape index (κ1) is 38.4. The monoisotopic (exact) mass is 619 g/mol. The lowest BCUT2D eigenvalue weighted by Crippen LogP contribution is -2.51. The highest BCUT2D eigenvalue weighted by Gasteiger charge is 2.38. The smallest absolute Gasteiger partial charge is 0.325 e. The summed E-state index contributed by atoms with van der Waals surface area (Å²) in [6.07, 6.45) is 14.4. The molecule has 0 aromatic heterocycles. The molecule has 0 saturated heterocycles. The van der Waals surface area contributed by atoms with Gasteiger partial charge in [0.25, 0.3) is 0 Å². The summed E-state index contributed by atoms with van der Waals surface area (Å²) in [5.74, 6) is -0.133. The Hall–Kier alpha value is -2.76. The van der Waals surface area contributed by atoms with Crippen LogP contribution in [0.2, 0.25) is 0 Å². The lowest BCUT2D eigenvalue weighted by atomic mass is 9.79. The zero-order valence-corrected chi connectivity index (χ0v) is 30.1. The van der Waals surface area contributed by atoms with Crippen LogP contribution < -0.4 is 9.96 Å². The largest absolute Gasteiger partial charge is 0.355 e. The van der Waals surface area contributed by atoms with Gasteiger partial charge in [-0.25, -0.2) is 4.79 Å². The molecule has 45 heavy (non-hydrogen) atoms. The van der Waals surface area contributed by atoms with E-state index in [9.17, 15) is 9.59 Å². The van der Waals surface area contributed by atoms with Crippen LogP contribution in [0, 0.1) is 18.3 Å². The van der Waals surface area contributed by atoms with Gasteiger partial charge < -0.3 is 5.32 Å². The number of hydrogen-bond donors (Lipinski definition) is 1. The van der Waals surface area contributed by atoms with Crippen molar-refractivity contribution in [2.24, 2.45) is 11.3 Å². The first-order chi connectivity index (χ1) is 21.2. The average molecular weight is 620 g/mol. The molecule has 0 heterocycles. The lowest BCUT2D eigenvalue weighted by Gasteiger charge is -2.30. The molecule has 2 amide bonds. The molecule has 0 aliphatic rings. The van der Waals surface area contributed by atoms with Crippen LogP contribution in [0.5, 0.6) is 0 Å². The van der Waals surface area contributed by atoms with E-state index in [0.29, 0.717) is 18.0 Å². The Morgan fingerprint density at radius 1 is 0.911 bits per heavy atom. The number of hydrogen-bond acceptors (Lipinski definition) is 3. The van der Waals surface area contributed by atoms with Crippen molar-refractivity contribution in [1.82, 2.24) is 4.65 Å². The minimum absolute atomic E-state index is 0.000565. The number of likely N-dealkylation sites (N-methyl/N-ethyl adjacent to an activating group) is 1. The highest BCUT2D eigenvalue weighted by atomic mass is 16.7. The fraction of sp³-hybridized carbons (Fsp3) is 0.600. The van der Waals surface area contributed by atoms with E-state index in [4.69, 9.17) is 4.84 Å². The molecule has 5 nitrogen and oxygen atoms in total. The summed E-state index contributed by atoms with van der Waals surface area (Å²) in [4.78, 5) is 33.9. The van der Waals surface area contributed by atoms with Gasteiger partial charge in [0, 0.05) is 23.2 Å². The first-order valence-electron chi connectivity index (χ1n) is 17.4. The van der Waals surface area contributed by atoms with Crippen LogP contribution in [0.1, 0.15) is 129 Å². The van der Waals surface area contributed by atoms with Gasteiger partial charge in [-0.3, -0.25) is 4.79 Å². The number of allylic oxidation sites excluding steroid dienone is 1. The molecule has 0 saturated carbocycles. The summed E-state index contributed by atoms with van der Waals surface area (Å²) in [6, 6.07) is 13.9. The molecule has 250 valence electrons. The van der Waals surface area contributed by atoms with E-state index in [-0.39, 0.29) is 34.2 Å². The van der Waals surface area contributed by atoms with Gasteiger partial charge in [0.1, 0.15) is 13.7 Å². The van der Waals surface area contributed by atoms with E-state index in [1.165, 1.54) is 56.9 Å². The van der Waals surface area contributed by atoms with E-state index in [2.05, 4.69) is 64.7 Å². The SMILES string of the molecule is C=CC(C)C(C)(C)C(=O)Nc1cccc([N+](C)(OCCCCCCCCCCCC)C(=O)Cc2ccc(C(C)(C)C)cc2C)c1. The maximum atomic E-state index is 14.2. The number of hydroxylamine groups is 2. The summed E-state index contributed by atoms with van der Waals surface area (Å²) in [5, 5.41) is 3.08. The van der Waals surface area contributed by atoms with Gasteiger partial charge in [0.2, 0.25) is 5.91 Å². The minimum Gasteiger partial charge on any atom is -0.325 e. The number of rotatable bonds is 19. The van der Waals surface area contributed by atoms with Gasteiger partial charge in [0.05, 0.1) is 6.42 Å². The number of anilines is 1. The molecule has 0 aliphatic carbocycles. The lowest BCUT2D eigenvalue weighted by molar-refractivity contribution is -0.173. The maximum Gasteiger partial charge on any atom is 0.355 e. The van der Waals surface area contributed by atoms with Crippen molar-refractivity contribution < 1.29 is 14.4 Å². The molecule has 2 aromatic rings. The molecular formula is C40H63N2O3+. The van der Waals surface area contributed by atoms with Crippen molar-refractivity contribution in [2.45, 2.75) is 131 Å². The number of carbonyl (C=O) groups excluding carboxylic acids is 2. The number of aryl methyl sites for hydroxylation is 1. The van der Waals surface area contributed by atoms with Gasteiger partial charge in [0.15, 0.2) is 5.69 Å². The van der Waals surface area contributed by atoms with Crippen molar-refractivity contribution >= 4 is 23.2 Å². The van der Waals surface area contributed by atoms with Crippen molar-refractivity contribution in [2.75, 3.05) is 19.0 Å². The molecule has 2 rings (SSSR count).